The maximum Gasteiger partial charge on any atom is 0.524 e. The van der Waals surface area contributed by atoms with Crippen LogP contribution in [0, 0.1) is 0 Å². The molecule has 0 fully saturated rings. The highest BCUT2D eigenvalue weighted by Crippen LogP contribution is 2.45. The van der Waals surface area contributed by atoms with E-state index in [9.17, 15) is 40.6 Å². The van der Waals surface area contributed by atoms with Crippen molar-refractivity contribution in [1.82, 2.24) is 0 Å². The molecule has 0 aliphatic carbocycles. The Bertz CT molecular complexity index is 1230. The molecule has 4 N–H and O–H groups in total. The molecule has 0 aromatic heterocycles. The van der Waals surface area contributed by atoms with Crippen molar-refractivity contribution < 1.29 is 63.3 Å². The van der Waals surface area contributed by atoms with Gasteiger partial charge in [0.05, 0.1) is 5.69 Å². The summed E-state index contributed by atoms with van der Waals surface area (Å²) in [6.07, 6.45) is -1.95. The SMILES string of the molecule is CC(=O)CC(=O)OS(=O)(=O)c1cc(N)c(OP(=O)(O)O)c(S(=O)(=O)OC(=O)CC(C)=O)c1. The summed E-state index contributed by atoms with van der Waals surface area (Å²) in [5.74, 6) is -5.98. The molecule has 15 nitrogen and oxygen atoms in total. The first-order valence-electron chi connectivity index (χ1n) is 7.96. The fourth-order valence-corrected chi connectivity index (χ4v) is 4.51. The van der Waals surface area contributed by atoms with E-state index in [1.807, 2.05) is 0 Å². The summed E-state index contributed by atoms with van der Waals surface area (Å²) in [7, 11) is -16.0. The Kier molecular flexibility index (Phi) is 8.28. The molecule has 0 atom stereocenters. The fourth-order valence-electron chi connectivity index (χ4n) is 1.95. The third kappa shape index (κ3) is 8.01. The van der Waals surface area contributed by atoms with Crippen molar-refractivity contribution in [3.05, 3.63) is 12.1 Å². The predicted molar refractivity (Wildman–Crippen MR) is 101 cm³/mol. The Morgan fingerprint density at radius 2 is 1.34 bits per heavy atom. The standard InChI is InChI=1S/C14H16NO14PS2/c1-7(16)3-12(18)28-31(23,24)9-5-10(15)14(27-30(20,21)22)11(6-9)32(25,26)29-13(19)4-8(2)17/h5-6H,3-4,15H2,1-2H3,(H2,20,21,22). The van der Waals surface area contributed by atoms with Gasteiger partial charge in [0.25, 0.3) is 0 Å². The molecule has 0 aliphatic rings. The lowest BCUT2D eigenvalue weighted by molar-refractivity contribution is -0.138. The van der Waals surface area contributed by atoms with Gasteiger partial charge in [-0.05, 0) is 26.0 Å². The van der Waals surface area contributed by atoms with Crippen LogP contribution in [-0.4, -0.2) is 50.1 Å². The van der Waals surface area contributed by atoms with E-state index >= 15 is 0 Å². The third-order valence-corrected chi connectivity index (χ3v) is 5.90. The molecule has 0 bridgehead atoms. The number of rotatable bonds is 10. The summed E-state index contributed by atoms with van der Waals surface area (Å²) in [5, 5.41) is 0. The highest BCUT2D eigenvalue weighted by Gasteiger charge is 2.34. The zero-order valence-electron chi connectivity index (χ0n) is 16.2. The second kappa shape index (κ2) is 9.74. The number of benzene rings is 1. The van der Waals surface area contributed by atoms with Crippen molar-refractivity contribution >= 4 is 57.3 Å². The molecule has 18 heteroatoms. The summed E-state index contributed by atoms with van der Waals surface area (Å²) in [6.45, 7) is 1.89. The largest absolute Gasteiger partial charge is 0.524 e. The highest BCUT2D eigenvalue weighted by molar-refractivity contribution is 7.88. The number of hydrogen-bond donors (Lipinski definition) is 3. The number of ketones is 2. The lowest BCUT2D eigenvalue weighted by Crippen LogP contribution is -2.19. The van der Waals surface area contributed by atoms with E-state index in [1.165, 1.54) is 0 Å². The van der Waals surface area contributed by atoms with Gasteiger partial charge in [-0.25, -0.2) is 4.57 Å². The summed E-state index contributed by atoms with van der Waals surface area (Å²) in [5.41, 5.74) is 4.47. The zero-order chi connectivity index (χ0) is 25.1. The van der Waals surface area contributed by atoms with Crippen LogP contribution in [0.3, 0.4) is 0 Å². The van der Waals surface area contributed by atoms with Crippen molar-refractivity contribution in [2.24, 2.45) is 0 Å². The monoisotopic (exact) mass is 517 g/mol. The average Bonchev–Trinajstić information content (AvgIpc) is 2.52. The number of phosphoric ester groups is 1. The van der Waals surface area contributed by atoms with Crippen LogP contribution in [0.5, 0.6) is 5.75 Å². The molecule has 0 saturated heterocycles. The molecule has 0 heterocycles. The summed E-state index contributed by atoms with van der Waals surface area (Å²) >= 11 is 0. The minimum atomic E-state index is -5.47. The molecule has 0 spiro atoms. The van der Waals surface area contributed by atoms with Gasteiger partial charge < -0.3 is 18.6 Å². The van der Waals surface area contributed by atoms with Gasteiger partial charge in [0.2, 0.25) is 0 Å². The van der Waals surface area contributed by atoms with E-state index in [0.717, 1.165) is 13.8 Å². The smallest absolute Gasteiger partial charge is 0.400 e. The van der Waals surface area contributed by atoms with Gasteiger partial charge in [0, 0.05) is 0 Å². The molecule has 0 amide bonds. The van der Waals surface area contributed by atoms with Gasteiger partial charge in [0.15, 0.2) is 10.6 Å². The second-order valence-electron chi connectivity index (χ2n) is 6.00. The van der Waals surface area contributed by atoms with Crippen LogP contribution in [0.4, 0.5) is 5.69 Å². The van der Waals surface area contributed by atoms with Gasteiger partial charge in [-0.15, -0.1) is 0 Å². The Labute approximate surface area is 180 Å². The first-order valence-corrected chi connectivity index (χ1v) is 12.3. The molecule has 1 aromatic carbocycles. The quantitative estimate of drug-likeness (QED) is 0.148. The van der Waals surface area contributed by atoms with E-state index in [2.05, 4.69) is 12.9 Å². The lowest BCUT2D eigenvalue weighted by atomic mass is 10.3. The lowest BCUT2D eigenvalue weighted by Gasteiger charge is -2.16. The number of carbonyl (C=O) groups is 4. The normalized spacial score (nSPS) is 12.0. The Hall–Kier alpha value is -2.85. The molecular formula is C14H16NO14PS2. The summed E-state index contributed by atoms with van der Waals surface area (Å²) in [6, 6.07) is 0.603. The van der Waals surface area contributed by atoms with Gasteiger partial charge >= 0.3 is 40.0 Å². The molecular weight excluding hydrogens is 501 g/mol. The molecule has 0 aliphatic heterocycles. The van der Waals surface area contributed by atoms with E-state index in [-0.39, 0.29) is 6.07 Å². The molecule has 0 unspecified atom stereocenters. The van der Waals surface area contributed by atoms with Gasteiger partial charge in [0.1, 0.15) is 29.3 Å². The topological polar surface area (TPSA) is 248 Å². The Morgan fingerprint density at radius 3 is 1.75 bits per heavy atom. The van der Waals surface area contributed by atoms with Crippen LogP contribution in [0.15, 0.2) is 21.9 Å². The van der Waals surface area contributed by atoms with Gasteiger partial charge in [-0.3, -0.25) is 29.0 Å². The van der Waals surface area contributed by atoms with E-state index < -0.39 is 85.6 Å². The Morgan fingerprint density at radius 1 is 0.906 bits per heavy atom. The second-order valence-corrected chi connectivity index (χ2v) is 10.2. The van der Waals surface area contributed by atoms with Crippen LogP contribution in [0.1, 0.15) is 26.7 Å². The van der Waals surface area contributed by atoms with Gasteiger partial charge in [-0.2, -0.15) is 16.8 Å². The maximum absolute atomic E-state index is 12.4. The predicted octanol–water partition coefficient (Wildman–Crippen LogP) is -0.838. The minimum Gasteiger partial charge on any atom is -0.400 e. The first kappa shape index (κ1) is 27.2. The van der Waals surface area contributed by atoms with Crippen molar-refractivity contribution in [3.63, 3.8) is 0 Å². The van der Waals surface area contributed by atoms with Crippen molar-refractivity contribution in [2.45, 2.75) is 36.5 Å². The zero-order valence-corrected chi connectivity index (χ0v) is 18.7. The van der Waals surface area contributed by atoms with Crippen molar-refractivity contribution in [2.75, 3.05) is 5.73 Å². The van der Waals surface area contributed by atoms with Crippen LogP contribution in [0.25, 0.3) is 0 Å². The maximum atomic E-state index is 12.4. The number of hydrogen-bond acceptors (Lipinski definition) is 13. The van der Waals surface area contributed by atoms with Gasteiger partial charge in [-0.1, -0.05) is 0 Å². The van der Waals surface area contributed by atoms with Crippen molar-refractivity contribution in [1.29, 1.82) is 0 Å². The van der Waals surface area contributed by atoms with E-state index in [4.69, 9.17) is 15.5 Å². The Balaban J connectivity index is 3.64. The number of phosphoric acid groups is 1. The van der Waals surface area contributed by atoms with Crippen LogP contribution < -0.4 is 10.3 Å². The van der Waals surface area contributed by atoms with E-state index in [0.29, 0.717) is 6.07 Å². The number of nitrogens with two attached hydrogens (primary N) is 1. The van der Waals surface area contributed by atoms with Crippen molar-refractivity contribution in [3.8, 4) is 5.75 Å². The third-order valence-electron chi connectivity index (χ3n) is 3.02. The average molecular weight is 517 g/mol. The summed E-state index contributed by atoms with van der Waals surface area (Å²) in [4.78, 5) is 60.4. The summed E-state index contributed by atoms with van der Waals surface area (Å²) < 4.78 is 73.0. The van der Waals surface area contributed by atoms with Crippen LogP contribution >= 0.6 is 7.82 Å². The highest BCUT2D eigenvalue weighted by atomic mass is 32.2. The number of nitrogen functional groups attached to an aromatic ring is 1. The van der Waals surface area contributed by atoms with E-state index in [1.54, 1.807) is 0 Å². The van der Waals surface area contributed by atoms with Crippen LogP contribution in [0.2, 0.25) is 0 Å². The first-order chi connectivity index (χ1) is 14.3. The fraction of sp³-hybridized carbons (Fsp3) is 0.286. The number of anilines is 1. The van der Waals surface area contributed by atoms with Crippen LogP contribution in [-0.2, 0) is 52.3 Å². The molecule has 1 rings (SSSR count). The molecule has 32 heavy (non-hydrogen) atoms. The molecule has 0 saturated carbocycles. The minimum absolute atomic E-state index is 0.175. The molecule has 178 valence electrons. The molecule has 1 aromatic rings. The number of carbonyl (C=O) groups excluding carboxylic acids is 4. The molecule has 0 radical (unpaired) electrons. The number of Topliss-reactive ketones (excluding diaryl/α,β-unsaturated/α-hetero) is 2.